The number of carbonyl (C=O) groups excluding carboxylic acids is 3. The maximum Gasteiger partial charge on any atom is 0.337 e. The van der Waals surface area contributed by atoms with Crippen LogP contribution < -0.4 is 5.32 Å². The molecule has 162 valence electrons. The highest BCUT2D eigenvalue weighted by molar-refractivity contribution is 6.13. The average molecular weight is 430 g/mol. The van der Waals surface area contributed by atoms with Crippen LogP contribution in [0.5, 0.6) is 0 Å². The third-order valence-electron chi connectivity index (χ3n) is 5.26. The number of rotatable bonds is 5. The van der Waals surface area contributed by atoms with E-state index in [2.05, 4.69) is 5.32 Å². The van der Waals surface area contributed by atoms with Crippen LogP contribution in [0.25, 0.3) is 17.4 Å². The summed E-state index contributed by atoms with van der Waals surface area (Å²) >= 11 is 0. The van der Waals surface area contributed by atoms with E-state index in [0.717, 1.165) is 27.2 Å². The molecule has 7 nitrogen and oxygen atoms in total. The predicted molar refractivity (Wildman–Crippen MR) is 118 cm³/mol. The van der Waals surface area contributed by atoms with Crippen LogP contribution in [0.4, 0.5) is 4.79 Å². The lowest BCUT2D eigenvalue weighted by Crippen LogP contribution is -2.30. The molecule has 32 heavy (non-hydrogen) atoms. The lowest BCUT2D eigenvalue weighted by molar-refractivity contribution is -0.123. The Morgan fingerprint density at radius 1 is 1.06 bits per heavy atom. The Hall–Kier alpha value is -4.13. The molecule has 1 aromatic heterocycles. The Bertz CT molecular complexity index is 1240. The van der Waals surface area contributed by atoms with Gasteiger partial charge in [-0.25, -0.2) is 9.59 Å². The quantitative estimate of drug-likeness (QED) is 0.367. The molecule has 0 spiro atoms. The first-order chi connectivity index (χ1) is 15.4. The van der Waals surface area contributed by atoms with Crippen LogP contribution in [-0.4, -0.2) is 29.9 Å². The molecule has 0 aliphatic carbocycles. The zero-order valence-electron chi connectivity index (χ0n) is 18.0. The van der Waals surface area contributed by atoms with Crippen LogP contribution >= 0.6 is 0 Å². The van der Waals surface area contributed by atoms with Gasteiger partial charge in [0.15, 0.2) is 0 Å². The van der Waals surface area contributed by atoms with Gasteiger partial charge >= 0.3 is 12.0 Å². The molecule has 7 heteroatoms. The van der Waals surface area contributed by atoms with Crippen LogP contribution in [0.2, 0.25) is 0 Å². The van der Waals surface area contributed by atoms with Gasteiger partial charge in [-0.05, 0) is 49.2 Å². The second-order valence-electron chi connectivity index (χ2n) is 7.59. The molecule has 1 N–H and O–H groups in total. The molecule has 1 fully saturated rings. The second kappa shape index (κ2) is 8.55. The lowest BCUT2D eigenvalue weighted by Gasteiger charge is -2.11. The molecule has 1 aliphatic heterocycles. The van der Waals surface area contributed by atoms with Crippen LogP contribution in [-0.2, 0) is 16.1 Å². The van der Waals surface area contributed by atoms with Crippen LogP contribution in [0.3, 0.4) is 0 Å². The fraction of sp³-hybridized carbons (Fsp3) is 0.160. The molecule has 0 radical (unpaired) electrons. The molecule has 2 heterocycles. The first kappa shape index (κ1) is 21.1. The highest BCUT2D eigenvalue weighted by Crippen LogP contribution is 2.28. The number of benzene rings is 2. The van der Waals surface area contributed by atoms with Crippen LogP contribution in [0.1, 0.15) is 32.8 Å². The van der Waals surface area contributed by atoms with Crippen molar-refractivity contribution in [2.24, 2.45) is 0 Å². The first-order valence-electron chi connectivity index (χ1n) is 10.0. The summed E-state index contributed by atoms with van der Waals surface area (Å²) in [6.07, 6.45) is 1.50. The van der Waals surface area contributed by atoms with Crippen molar-refractivity contribution in [1.29, 1.82) is 0 Å². The van der Waals surface area contributed by atoms with Gasteiger partial charge in [0, 0.05) is 11.6 Å². The van der Waals surface area contributed by atoms with Crippen molar-refractivity contribution in [3.63, 3.8) is 0 Å². The summed E-state index contributed by atoms with van der Waals surface area (Å²) < 4.78 is 10.7. The minimum Gasteiger partial charge on any atom is -0.465 e. The highest BCUT2D eigenvalue weighted by Gasteiger charge is 2.33. The van der Waals surface area contributed by atoms with Gasteiger partial charge in [0.05, 0.1) is 19.2 Å². The summed E-state index contributed by atoms with van der Waals surface area (Å²) in [5, 5.41) is 2.60. The van der Waals surface area contributed by atoms with Crippen molar-refractivity contribution >= 4 is 24.0 Å². The van der Waals surface area contributed by atoms with E-state index in [4.69, 9.17) is 9.15 Å². The van der Waals surface area contributed by atoms with Crippen molar-refractivity contribution < 1.29 is 23.5 Å². The fourth-order valence-corrected chi connectivity index (χ4v) is 3.44. The summed E-state index contributed by atoms with van der Waals surface area (Å²) in [6.45, 7) is 4.06. The smallest absolute Gasteiger partial charge is 0.337 e. The topological polar surface area (TPSA) is 88.9 Å². The molecule has 3 aromatic rings. The van der Waals surface area contributed by atoms with Gasteiger partial charge in [0.25, 0.3) is 5.91 Å². The molecule has 0 atom stereocenters. The minimum absolute atomic E-state index is 0.142. The molecule has 1 saturated heterocycles. The summed E-state index contributed by atoms with van der Waals surface area (Å²) in [5.41, 5.74) is 4.17. The normalized spacial score (nSPS) is 14.7. The largest absolute Gasteiger partial charge is 0.465 e. The average Bonchev–Trinajstić information content (AvgIpc) is 3.35. The molecule has 0 saturated carbocycles. The molecular formula is C25H22N2O5. The van der Waals surface area contributed by atoms with E-state index in [-0.39, 0.29) is 12.2 Å². The van der Waals surface area contributed by atoms with Gasteiger partial charge in [-0.15, -0.1) is 0 Å². The number of nitrogens with one attached hydrogen (secondary N) is 1. The van der Waals surface area contributed by atoms with E-state index in [1.54, 1.807) is 24.3 Å². The van der Waals surface area contributed by atoms with Crippen molar-refractivity contribution in [1.82, 2.24) is 10.2 Å². The maximum atomic E-state index is 12.8. The number of hydrogen-bond donors (Lipinski definition) is 1. The minimum atomic E-state index is -0.477. The number of carbonyl (C=O) groups is 3. The van der Waals surface area contributed by atoms with Crippen molar-refractivity contribution in [3.8, 4) is 11.3 Å². The van der Waals surface area contributed by atoms with E-state index in [9.17, 15) is 14.4 Å². The van der Waals surface area contributed by atoms with Gasteiger partial charge < -0.3 is 14.5 Å². The summed E-state index contributed by atoms with van der Waals surface area (Å²) in [4.78, 5) is 38.1. The van der Waals surface area contributed by atoms with Gasteiger partial charge in [0.1, 0.15) is 17.2 Å². The van der Waals surface area contributed by atoms with E-state index >= 15 is 0 Å². The van der Waals surface area contributed by atoms with Gasteiger partial charge in [0.2, 0.25) is 0 Å². The van der Waals surface area contributed by atoms with Crippen LogP contribution in [0, 0.1) is 13.8 Å². The van der Waals surface area contributed by atoms with Gasteiger partial charge in [-0.2, -0.15) is 0 Å². The Morgan fingerprint density at radius 2 is 1.81 bits per heavy atom. The number of aryl methyl sites for hydroxylation is 2. The number of methoxy groups -OCH3 is 1. The summed E-state index contributed by atoms with van der Waals surface area (Å²) in [6, 6.07) is 15.8. The van der Waals surface area contributed by atoms with E-state index in [1.807, 2.05) is 44.2 Å². The molecule has 1 aliphatic rings. The van der Waals surface area contributed by atoms with E-state index in [0.29, 0.717) is 17.1 Å². The van der Waals surface area contributed by atoms with Crippen LogP contribution in [0.15, 0.2) is 64.7 Å². The monoisotopic (exact) mass is 430 g/mol. The Kier molecular flexibility index (Phi) is 5.64. The number of furan rings is 1. The van der Waals surface area contributed by atoms with Crippen molar-refractivity contribution in [2.75, 3.05) is 7.11 Å². The third kappa shape index (κ3) is 4.18. The summed E-state index contributed by atoms with van der Waals surface area (Å²) in [7, 11) is 1.33. The number of amides is 3. The lowest BCUT2D eigenvalue weighted by atomic mass is 10.0. The van der Waals surface area contributed by atoms with Gasteiger partial charge in [-0.3, -0.25) is 9.69 Å². The third-order valence-corrected chi connectivity index (χ3v) is 5.26. The van der Waals surface area contributed by atoms with E-state index in [1.165, 1.54) is 13.2 Å². The molecular weight excluding hydrogens is 408 g/mol. The zero-order chi connectivity index (χ0) is 22.8. The zero-order valence-corrected chi connectivity index (χ0v) is 18.0. The number of nitrogens with zero attached hydrogens (tertiary/aromatic N) is 1. The molecule has 2 aromatic carbocycles. The second-order valence-corrected chi connectivity index (χ2v) is 7.59. The molecule has 4 rings (SSSR count). The van der Waals surface area contributed by atoms with Gasteiger partial charge in [-0.1, -0.05) is 35.9 Å². The highest BCUT2D eigenvalue weighted by atomic mass is 16.5. The van der Waals surface area contributed by atoms with Crippen molar-refractivity contribution in [3.05, 3.63) is 88.3 Å². The maximum absolute atomic E-state index is 12.8. The number of esters is 1. The first-order valence-corrected chi connectivity index (χ1v) is 10.0. The number of imide groups is 1. The predicted octanol–water partition coefficient (Wildman–Crippen LogP) is 4.44. The number of hydrogen-bond acceptors (Lipinski definition) is 5. The number of ether oxygens (including phenoxy) is 1. The molecule has 0 bridgehead atoms. The molecule has 3 amide bonds. The number of urea groups is 1. The Balaban J connectivity index is 1.56. The summed E-state index contributed by atoms with van der Waals surface area (Å²) in [5.74, 6) is 0.0857. The van der Waals surface area contributed by atoms with Crippen molar-refractivity contribution in [2.45, 2.75) is 20.4 Å². The standard InChI is InChI=1S/C25H22N2O5/c1-15-4-7-17(8-5-15)14-27-23(28)21(26-25(27)30)13-19-10-11-22(32-19)20-12-18(24(29)31-3)9-6-16(20)2/h4-13H,14H2,1-3H3,(H,26,30)/b21-13+. The Labute approximate surface area is 185 Å². The fourth-order valence-electron chi connectivity index (χ4n) is 3.44. The SMILES string of the molecule is COC(=O)c1ccc(C)c(-c2ccc(/C=C3/NC(=O)N(Cc4ccc(C)cc4)C3=O)o2)c1. The Morgan fingerprint density at radius 3 is 2.53 bits per heavy atom. The molecule has 0 unspecified atom stereocenters. The van der Waals surface area contributed by atoms with E-state index < -0.39 is 17.9 Å².